The van der Waals surface area contributed by atoms with Gasteiger partial charge in [0.1, 0.15) is 0 Å². The topological polar surface area (TPSA) is 80.1 Å². The zero-order valence-corrected chi connectivity index (χ0v) is 16.3. The zero-order valence-electron chi connectivity index (χ0n) is 15.5. The van der Waals surface area contributed by atoms with E-state index in [4.69, 9.17) is 9.15 Å². The fourth-order valence-corrected chi connectivity index (χ4v) is 4.22. The third-order valence-corrected chi connectivity index (χ3v) is 6.21. The number of carbonyl (C=O) groups is 1. The third-order valence-electron chi connectivity index (χ3n) is 4.44. The summed E-state index contributed by atoms with van der Waals surface area (Å²) in [5.74, 6) is -0.316. The highest BCUT2D eigenvalue weighted by atomic mass is 32.2. The molecule has 2 heterocycles. The summed E-state index contributed by atoms with van der Waals surface area (Å²) in [4.78, 5) is 14.6. The van der Waals surface area contributed by atoms with Gasteiger partial charge in [-0.2, -0.15) is 4.31 Å². The molecule has 0 radical (unpaired) electrons. The molecule has 1 amide bonds. The molecule has 27 heavy (non-hydrogen) atoms. The third kappa shape index (κ3) is 4.40. The van der Waals surface area contributed by atoms with E-state index in [0.29, 0.717) is 19.8 Å². The summed E-state index contributed by atoms with van der Waals surface area (Å²) in [5.41, 5.74) is 0.993. The van der Waals surface area contributed by atoms with Crippen molar-refractivity contribution in [2.24, 2.45) is 0 Å². The first-order valence-electron chi connectivity index (χ1n) is 8.92. The van der Waals surface area contributed by atoms with Crippen LogP contribution in [0.5, 0.6) is 0 Å². The van der Waals surface area contributed by atoms with Crippen molar-refractivity contribution in [1.29, 1.82) is 0 Å². The van der Waals surface area contributed by atoms with Crippen LogP contribution in [0.1, 0.15) is 30.0 Å². The van der Waals surface area contributed by atoms with E-state index in [9.17, 15) is 13.2 Å². The van der Waals surface area contributed by atoms with Crippen molar-refractivity contribution in [2.75, 3.05) is 26.3 Å². The molecule has 8 heteroatoms. The summed E-state index contributed by atoms with van der Waals surface area (Å²) in [5, 5.41) is -0.212. The van der Waals surface area contributed by atoms with E-state index in [-0.39, 0.29) is 35.9 Å². The van der Waals surface area contributed by atoms with Crippen molar-refractivity contribution in [2.45, 2.75) is 31.5 Å². The second kappa shape index (κ2) is 8.24. The van der Waals surface area contributed by atoms with Crippen LogP contribution in [0.3, 0.4) is 0 Å². The predicted molar refractivity (Wildman–Crippen MR) is 99.7 cm³/mol. The van der Waals surface area contributed by atoms with Gasteiger partial charge in [0, 0.05) is 25.7 Å². The molecule has 146 valence electrons. The van der Waals surface area contributed by atoms with Crippen LogP contribution < -0.4 is 0 Å². The minimum Gasteiger partial charge on any atom is -0.438 e. The highest BCUT2D eigenvalue weighted by Gasteiger charge is 2.31. The van der Waals surface area contributed by atoms with Gasteiger partial charge in [0.15, 0.2) is 5.76 Å². The lowest BCUT2D eigenvalue weighted by Gasteiger charge is -2.26. The van der Waals surface area contributed by atoms with E-state index < -0.39 is 10.0 Å². The lowest BCUT2D eigenvalue weighted by molar-refractivity contribution is 0.0647. The first-order chi connectivity index (χ1) is 12.9. The number of rotatable bonds is 6. The van der Waals surface area contributed by atoms with Gasteiger partial charge in [-0.25, -0.2) is 8.42 Å². The molecule has 0 saturated carbocycles. The maximum absolute atomic E-state index is 12.9. The predicted octanol–water partition coefficient (Wildman–Crippen LogP) is 2.35. The number of ether oxygens (including phenoxy) is 1. The molecule has 0 unspecified atom stereocenters. The van der Waals surface area contributed by atoms with Crippen LogP contribution in [-0.2, 0) is 21.3 Å². The number of hydrogen-bond donors (Lipinski definition) is 0. The van der Waals surface area contributed by atoms with Crippen molar-refractivity contribution in [3.8, 4) is 0 Å². The fraction of sp³-hybridized carbons (Fsp3) is 0.421. The van der Waals surface area contributed by atoms with Gasteiger partial charge in [0.2, 0.25) is 5.09 Å². The van der Waals surface area contributed by atoms with Crippen LogP contribution >= 0.6 is 0 Å². The molecule has 3 rings (SSSR count). The van der Waals surface area contributed by atoms with Crippen molar-refractivity contribution in [3.05, 3.63) is 53.8 Å². The van der Waals surface area contributed by atoms with E-state index in [1.165, 1.54) is 16.4 Å². The first-order valence-corrected chi connectivity index (χ1v) is 10.4. The number of benzene rings is 1. The number of morpholine rings is 1. The molecule has 1 aliphatic rings. The van der Waals surface area contributed by atoms with E-state index in [0.717, 1.165) is 5.56 Å². The Hall–Kier alpha value is -2.16. The van der Waals surface area contributed by atoms with E-state index >= 15 is 0 Å². The molecule has 0 atom stereocenters. The van der Waals surface area contributed by atoms with Crippen LogP contribution in [0.15, 0.2) is 52.0 Å². The Bertz CT molecular complexity index is 871. The Morgan fingerprint density at radius 2 is 1.78 bits per heavy atom. The number of nitrogens with zero attached hydrogens (tertiary/aromatic N) is 2. The quantitative estimate of drug-likeness (QED) is 0.754. The summed E-state index contributed by atoms with van der Waals surface area (Å²) in [6.45, 7) is 5.50. The highest BCUT2D eigenvalue weighted by molar-refractivity contribution is 7.89. The van der Waals surface area contributed by atoms with Gasteiger partial charge < -0.3 is 14.1 Å². The monoisotopic (exact) mass is 392 g/mol. The number of furan rings is 1. The standard InChI is InChI=1S/C19H24N2O5S/c1-15(2)21(14-16-6-4-3-5-7-16)19(22)17-8-9-18(26-17)27(23,24)20-10-12-25-13-11-20/h3-9,15H,10-14H2,1-2H3. The van der Waals surface area contributed by atoms with E-state index in [1.807, 2.05) is 44.2 Å². The molecule has 0 spiro atoms. The molecule has 0 aliphatic carbocycles. The molecule has 1 aromatic carbocycles. The average Bonchev–Trinajstić information content (AvgIpc) is 3.18. The van der Waals surface area contributed by atoms with Crippen molar-refractivity contribution in [1.82, 2.24) is 9.21 Å². The first kappa shape index (κ1) is 19.6. The molecule has 1 aliphatic heterocycles. The Morgan fingerprint density at radius 3 is 2.41 bits per heavy atom. The van der Waals surface area contributed by atoms with E-state index in [1.54, 1.807) is 4.90 Å². The molecule has 1 fully saturated rings. The second-order valence-corrected chi connectivity index (χ2v) is 8.52. The lowest BCUT2D eigenvalue weighted by Crippen LogP contribution is -2.40. The second-order valence-electron chi connectivity index (χ2n) is 6.65. The summed E-state index contributed by atoms with van der Waals surface area (Å²) in [7, 11) is -3.76. The molecule has 7 nitrogen and oxygen atoms in total. The van der Waals surface area contributed by atoms with Crippen LogP contribution in [0.4, 0.5) is 0 Å². The molecule has 0 N–H and O–H groups in total. The fourth-order valence-electron chi connectivity index (χ4n) is 2.90. The molecule has 1 saturated heterocycles. The smallest absolute Gasteiger partial charge is 0.290 e. The number of amides is 1. The van der Waals surface area contributed by atoms with Crippen molar-refractivity contribution < 1.29 is 22.4 Å². The minimum absolute atomic E-state index is 0.0199. The highest BCUT2D eigenvalue weighted by Crippen LogP contribution is 2.22. The molecular weight excluding hydrogens is 368 g/mol. The van der Waals surface area contributed by atoms with Crippen LogP contribution in [0.2, 0.25) is 0 Å². The molecular formula is C19H24N2O5S. The normalized spacial score (nSPS) is 15.8. The summed E-state index contributed by atoms with van der Waals surface area (Å²) >= 11 is 0. The lowest BCUT2D eigenvalue weighted by atomic mass is 10.2. The van der Waals surface area contributed by atoms with Gasteiger partial charge in [-0.05, 0) is 31.5 Å². The summed E-state index contributed by atoms with van der Waals surface area (Å²) in [6, 6.07) is 12.3. The SMILES string of the molecule is CC(C)N(Cc1ccccc1)C(=O)c1ccc(S(=O)(=O)N2CCOCC2)o1. The van der Waals surface area contributed by atoms with Gasteiger partial charge in [-0.15, -0.1) is 0 Å². The summed E-state index contributed by atoms with van der Waals surface area (Å²) in [6.07, 6.45) is 0. The van der Waals surface area contributed by atoms with Gasteiger partial charge in [-0.1, -0.05) is 30.3 Å². The number of carbonyl (C=O) groups excluding carboxylic acids is 1. The molecule has 2 aromatic rings. The van der Waals surface area contributed by atoms with Gasteiger partial charge in [0.25, 0.3) is 15.9 Å². The largest absolute Gasteiger partial charge is 0.438 e. The number of sulfonamides is 1. The van der Waals surface area contributed by atoms with Crippen molar-refractivity contribution in [3.63, 3.8) is 0 Å². The zero-order chi connectivity index (χ0) is 19.4. The minimum atomic E-state index is -3.76. The average molecular weight is 392 g/mol. The van der Waals surface area contributed by atoms with Gasteiger partial charge >= 0.3 is 0 Å². The Labute approximate surface area is 159 Å². The maximum Gasteiger partial charge on any atom is 0.290 e. The van der Waals surface area contributed by atoms with Crippen LogP contribution in [0, 0.1) is 0 Å². The Kier molecular flexibility index (Phi) is 5.98. The molecule has 0 bridgehead atoms. The Morgan fingerprint density at radius 1 is 1.11 bits per heavy atom. The van der Waals surface area contributed by atoms with Crippen LogP contribution in [-0.4, -0.2) is 55.9 Å². The molecule has 1 aromatic heterocycles. The van der Waals surface area contributed by atoms with Crippen LogP contribution in [0.25, 0.3) is 0 Å². The van der Waals surface area contributed by atoms with Crippen molar-refractivity contribution >= 4 is 15.9 Å². The Balaban J connectivity index is 1.80. The maximum atomic E-state index is 12.9. The van der Waals surface area contributed by atoms with Gasteiger partial charge in [-0.3, -0.25) is 4.79 Å². The van der Waals surface area contributed by atoms with Gasteiger partial charge in [0.05, 0.1) is 13.2 Å². The number of hydrogen-bond acceptors (Lipinski definition) is 5. The van der Waals surface area contributed by atoms with E-state index in [2.05, 4.69) is 0 Å². The summed E-state index contributed by atoms with van der Waals surface area (Å²) < 4.78 is 37.3.